The average Bonchev–Trinajstić information content (AvgIpc) is 2.64. The van der Waals surface area contributed by atoms with Crippen molar-refractivity contribution in [3.8, 4) is 0 Å². The van der Waals surface area contributed by atoms with E-state index in [0.29, 0.717) is 19.6 Å². The number of benzene rings is 1. The van der Waals surface area contributed by atoms with Crippen molar-refractivity contribution in [2.75, 3.05) is 0 Å². The highest BCUT2D eigenvalue weighted by Gasteiger charge is 2.13. The summed E-state index contributed by atoms with van der Waals surface area (Å²) >= 11 is 0. The van der Waals surface area contributed by atoms with Crippen LogP contribution in [0.4, 0.5) is 0 Å². The lowest BCUT2D eigenvalue weighted by Crippen LogP contribution is -1.97. The van der Waals surface area contributed by atoms with Gasteiger partial charge in [-0.25, -0.2) is 0 Å². The van der Waals surface area contributed by atoms with Crippen molar-refractivity contribution in [2.45, 2.75) is 25.7 Å². The maximum absolute atomic E-state index is 9.74. The van der Waals surface area contributed by atoms with E-state index in [0.717, 1.165) is 5.56 Å². The minimum Gasteiger partial charge on any atom is -0.388 e. The largest absolute Gasteiger partial charge is 0.388 e. The average molecular weight is 190 g/mol. The molecule has 1 aromatic rings. The quantitative estimate of drug-likeness (QED) is 0.741. The highest BCUT2D eigenvalue weighted by Crippen LogP contribution is 2.25. The smallest absolute Gasteiger partial charge is 0.0824 e. The van der Waals surface area contributed by atoms with Gasteiger partial charge in [-0.1, -0.05) is 24.3 Å². The number of hydrogen-bond donors (Lipinski definition) is 1. The summed E-state index contributed by atoms with van der Waals surface area (Å²) in [7, 11) is 0. The summed E-state index contributed by atoms with van der Waals surface area (Å²) in [5, 5.41) is 9.74. The molecule has 1 aromatic carbocycles. The van der Waals surface area contributed by atoms with Crippen molar-refractivity contribution in [3.05, 3.63) is 47.5 Å². The number of ether oxygens (including phenoxy) is 1. The maximum atomic E-state index is 9.74. The third-order valence-electron chi connectivity index (χ3n) is 2.52. The topological polar surface area (TPSA) is 29.5 Å². The van der Waals surface area contributed by atoms with Gasteiger partial charge in [-0.05, 0) is 23.1 Å². The summed E-state index contributed by atoms with van der Waals surface area (Å²) in [5.74, 6) is 0. The summed E-state index contributed by atoms with van der Waals surface area (Å²) < 4.78 is 5.31. The van der Waals surface area contributed by atoms with E-state index in [1.165, 1.54) is 11.1 Å². The van der Waals surface area contributed by atoms with E-state index in [-0.39, 0.29) is 0 Å². The van der Waals surface area contributed by atoms with Gasteiger partial charge in [-0.3, -0.25) is 0 Å². The van der Waals surface area contributed by atoms with Crippen LogP contribution in [0.25, 0.3) is 0 Å². The van der Waals surface area contributed by atoms with Crippen LogP contribution in [0.15, 0.2) is 30.9 Å². The molecule has 1 atom stereocenters. The van der Waals surface area contributed by atoms with Gasteiger partial charge in [0.25, 0.3) is 0 Å². The van der Waals surface area contributed by atoms with E-state index in [1.54, 1.807) is 6.08 Å². The van der Waals surface area contributed by atoms with Crippen molar-refractivity contribution in [2.24, 2.45) is 0 Å². The fourth-order valence-corrected chi connectivity index (χ4v) is 1.69. The molecule has 2 nitrogen and oxygen atoms in total. The van der Waals surface area contributed by atoms with Crippen molar-refractivity contribution < 1.29 is 9.84 Å². The third-order valence-corrected chi connectivity index (χ3v) is 2.52. The molecule has 1 heterocycles. The summed E-state index contributed by atoms with van der Waals surface area (Å²) in [6.45, 7) is 4.99. The van der Waals surface area contributed by atoms with Crippen LogP contribution in [-0.4, -0.2) is 5.11 Å². The van der Waals surface area contributed by atoms with Crippen molar-refractivity contribution in [3.63, 3.8) is 0 Å². The van der Waals surface area contributed by atoms with Crippen LogP contribution in [0.3, 0.4) is 0 Å². The Hall–Kier alpha value is -1.12. The first-order chi connectivity index (χ1) is 6.81. The summed E-state index contributed by atoms with van der Waals surface area (Å²) in [4.78, 5) is 0. The molecule has 0 fully saturated rings. The van der Waals surface area contributed by atoms with Crippen LogP contribution in [0.1, 0.15) is 29.2 Å². The van der Waals surface area contributed by atoms with Crippen molar-refractivity contribution in [1.82, 2.24) is 0 Å². The van der Waals surface area contributed by atoms with Crippen LogP contribution >= 0.6 is 0 Å². The van der Waals surface area contributed by atoms with E-state index in [4.69, 9.17) is 4.74 Å². The molecule has 74 valence electrons. The lowest BCUT2D eigenvalue weighted by molar-refractivity contribution is 0.134. The Morgan fingerprint density at radius 1 is 1.43 bits per heavy atom. The molecule has 1 aliphatic rings. The molecule has 1 aliphatic heterocycles. The molecule has 0 saturated heterocycles. The summed E-state index contributed by atoms with van der Waals surface area (Å²) in [6, 6.07) is 6.02. The molecule has 0 spiro atoms. The van der Waals surface area contributed by atoms with Gasteiger partial charge < -0.3 is 9.84 Å². The lowest BCUT2D eigenvalue weighted by atomic mass is 10.0. The van der Waals surface area contributed by atoms with Gasteiger partial charge in [0.05, 0.1) is 19.3 Å². The molecule has 0 aliphatic carbocycles. The molecular formula is C12H14O2. The standard InChI is InChI=1S/C12H14O2/c1-2-3-12(13)9-4-5-10-7-14-8-11(10)6-9/h2,4-6,12-13H,1,3,7-8H2. The SMILES string of the molecule is C=CCC(O)c1ccc2c(c1)COC2. The van der Waals surface area contributed by atoms with E-state index >= 15 is 0 Å². The number of hydrogen-bond acceptors (Lipinski definition) is 2. The van der Waals surface area contributed by atoms with Gasteiger partial charge >= 0.3 is 0 Å². The number of aliphatic hydroxyl groups excluding tert-OH is 1. The van der Waals surface area contributed by atoms with Crippen LogP contribution < -0.4 is 0 Å². The highest BCUT2D eigenvalue weighted by molar-refractivity contribution is 5.34. The van der Waals surface area contributed by atoms with Gasteiger partial charge in [0.15, 0.2) is 0 Å². The van der Waals surface area contributed by atoms with Gasteiger partial charge in [0.1, 0.15) is 0 Å². The number of aliphatic hydroxyl groups is 1. The summed E-state index contributed by atoms with van der Waals surface area (Å²) in [6.07, 6.45) is 1.90. The maximum Gasteiger partial charge on any atom is 0.0824 e. The van der Waals surface area contributed by atoms with Gasteiger partial charge in [0, 0.05) is 0 Å². The van der Waals surface area contributed by atoms with Gasteiger partial charge in [-0.2, -0.15) is 0 Å². The molecule has 1 unspecified atom stereocenters. The van der Waals surface area contributed by atoms with Crippen molar-refractivity contribution in [1.29, 1.82) is 0 Å². The zero-order valence-corrected chi connectivity index (χ0v) is 8.07. The molecule has 1 N–H and O–H groups in total. The molecule has 0 saturated carbocycles. The Morgan fingerprint density at radius 3 is 3.00 bits per heavy atom. The molecule has 0 bridgehead atoms. The summed E-state index contributed by atoms with van der Waals surface area (Å²) in [5.41, 5.74) is 3.39. The fraction of sp³-hybridized carbons (Fsp3) is 0.333. The predicted octanol–water partition coefficient (Wildman–Crippen LogP) is 2.33. The molecular weight excluding hydrogens is 176 g/mol. The van der Waals surface area contributed by atoms with E-state index in [1.807, 2.05) is 18.2 Å². The minimum atomic E-state index is -0.432. The molecule has 0 aromatic heterocycles. The van der Waals surface area contributed by atoms with Gasteiger partial charge in [0.2, 0.25) is 0 Å². The zero-order chi connectivity index (χ0) is 9.97. The Kier molecular flexibility index (Phi) is 2.66. The van der Waals surface area contributed by atoms with Crippen molar-refractivity contribution >= 4 is 0 Å². The number of fused-ring (bicyclic) bond motifs is 1. The fourth-order valence-electron chi connectivity index (χ4n) is 1.69. The normalized spacial score (nSPS) is 16.4. The Balaban J connectivity index is 2.23. The Morgan fingerprint density at radius 2 is 2.21 bits per heavy atom. The third kappa shape index (κ3) is 1.72. The second-order valence-electron chi connectivity index (χ2n) is 3.56. The van der Waals surface area contributed by atoms with E-state index < -0.39 is 6.10 Å². The Labute approximate surface area is 83.8 Å². The monoisotopic (exact) mass is 190 g/mol. The van der Waals surface area contributed by atoms with Crippen LogP contribution in [0.2, 0.25) is 0 Å². The first-order valence-electron chi connectivity index (χ1n) is 4.79. The van der Waals surface area contributed by atoms with E-state index in [9.17, 15) is 5.11 Å². The molecule has 0 amide bonds. The first-order valence-corrected chi connectivity index (χ1v) is 4.79. The minimum absolute atomic E-state index is 0.432. The molecule has 2 rings (SSSR count). The molecule has 2 heteroatoms. The lowest BCUT2D eigenvalue weighted by Gasteiger charge is -2.09. The van der Waals surface area contributed by atoms with Crippen LogP contribution in [0, 0.1) is 0 Å². The first kappa shape index (κ1) is 9.44. The zero-order valence-electron chi connectivity index (χ0n) is 8.07. The second-order valence-corrected chi connectivity index (χ2v) is 3.56. The van der Waals surface area contributed by atoms with Gasteiger partial charge in [-0.15, -0.1) is 6.58 Å². The van der Waals surface area contributed by atoms with Crippen LogP contribution in [0.5, 0.6) is 0 Å². The predicted molar refractivity (Wildman–Crippen MR) is 54.7 cm³/mol. The van der Waals surface area contributed by atoms with E-state index in [2.05, 4.69) is 6.58 Å². The Bertz CT molecular complexity index is 344. The number of rotatable bonds is 3. The highest BCUT2D eigenvalue weighted by atomic mass is 16.5. The molecule has 14 heavy (non-hydrogen) atoms. The molecule has 0 radical (unpaired) electrons. The van der Waals surface area contributed by atoms with Crippen LogP contribution in [-0.2, 0) is 18.0 Å². The second kappa shape index (κ2) is 3.95.